The van der Waals surface area contributed by atoms with Gasteiger partial charge in [-0.05, 0) is 50.5 Å². The summed E-state index contributed by atoms with van der Waals surface area (Å²) in [5.74, 6) is -0.302. The van der Waals surface area contributed by atoms with Crippen molar-refractivity contribution < 1.29 is 9.53 Å². The van der Waals surface area contributed by atoms with Gasteiger partial charge in [-0.1, -0.05) is 30.3 Å². The fourth-order valence-electron chi connectivity index (χ4n) is 4.58. The summed E-state index contributed by atoms with van der Waals surface area (Å²) in [5, 5.41) is 0. The largest absolute Gasteiger partial charge is 0.441 e. The summed E-state index contributed by atoms with van der Waals surface area (Å²) < 4.78 is 6.30. The fourth-order valence-corrected chi connectivity index (χ4v) is 4.58. The second-order valence-electron chi connectivity index (χ2n) is 9.60. The first kappa shape index (κ1) is 23.6. The third-order valence-corrected chi connectivity index (χ3v) is 6.36. The van der Waals surface area contributed by atoms with Gasteiger partial charge in [0.2, 0.25) is 0 Å². The third kappa shape index (κ3) is 4.10. The monoisotopic (exact) mass is 458 g/mol. The predicted molar refractivity (Wildman–Crippen MR) is 140 cm³/mol. The lowest BCUT2D eigenvalue weighted by Crippen LogP contribution is -2.31. The second-order valence-corrected chi connectivity index (χ2v) is 9.60. The average Bonchev–Trinajstić information content (AvgIpc) is 3.11. The van der Waals surface area contributed by atoms with Gasteiger partial charge in [0, 0.05) is 69.0 Å². The zero-order chi connectivity index (χ0) is 24.6. The van der Waals surface area contributed by atoms with Crippen LogP contribution in [-0.4, -0.2) is 66.9 Å². The third-order valence-electron chi connectivity index (χ3n) is 6.36. The van der Waals surface area contributed by atoms with Gasteiger partial charge in [-0.2, -0.15) is 0 Å². The molecule has 3 aromatic carbocycles. The minimum Gasteiger partial charge on any atom is -0.441 e. The number of hydrogen-bond donors (Lipinski definition) is 0. The Morgan fingerprint density at radius 3 is 1.68 bits per heavy atom. The summed E-state index contributed by atoms with van der Waals surface area (Å²) in [5.41, 5.74) is 5.49. The van der Waals surface area contributed by atoms with Crippen molar-refractivity contribution in [3.05, 3.63) is 89.0 Å². The number of carbonyl (C=O) groups excluding carboxylic acids is 1. The summed E-state index contributed by atoms with van der Waals surface area (Å²) in [6.45, 7) is 0.807. The summed E-state index contributed by atoms with van der Waals surface area (Å²) in [6, 6.07) is 22.6. The smallest absolute Gasteiger partial charge is 0.340 e. The molecule has 0 saturated heterocycles. The minimum absolute atomic E-state index is 0.302. The van der Waals surface area contributed by atoms with Crippen LogP contribution in [0.3, 0.4) is 0 Å². The molecule has 34 heavy (non-hydrogen) atoms. The summed E-state index contributed by atoms with van der Waals surface area (Å²) >= 11 is 0. The number of fused-ring (bicyclic) bond motifs is 1. The molecule has 0 aliphatic carbocycles. The molecule has 0 fully saturated rings. The summed E-state index contributed by atoms with van der Waals surface area (Å²) in [7, 11) is 14.1. The zero-order valence-electron chi connectivity index (χ0n) is 21.2. The summed E-state index contributed by atoms with van der Waals surface area (Å²) in [4.78, 5) is 21.6. The molecule has 6 nitrogen and oxygen atoms in total. The quantitative estimate of drug-likeness (QED) is 0.390. The van der Waals surface area contributed by atoms with E-state index in [1.165, 1.54) is 0 Å². The molecule has 0 N–H and O–H groups in total. The van der Waals surface area contributed by atoms with E-state index in [0.717, 1.165) is 40.4 Å². The van der Waals surface area contributed by atoms with Gasteiger partial charge in [0.05, 0.1) is 12.2 Å². The number of nitrogens with zero attached hydrogens (tertiary/aromatic N) is 4. The first-order valence-electron chi connectivity index (χ1n) is 11.4. The van der Waals surface area contributed by atoms with Crippen LogP contribution in [0.4, 0.5) is 17.1 Å². The Morgan fingerprint density at radius 2 is 1.18 bits per heavy atom. The topological polar surface area (TPSA) is 39.3 Å². The molecule has 0 bridgehead atoms. The van der Waals surface area contributed by atoms with E-state index in [1.54, 1.807) is 0 Å². The Kier molecular flexibility index (Phi) is 6.28. The van der Waals surface area contributed by atoms with Crippen LogP contribution in [0.1, 0.15) is 27.0 Å². The Hall–Kier alpha value is -3.51. The molecule has 178 valence electrons. The van der Waals surface area contributed by atoms with Crippen LogP contribution in [0.25, 0.3) is 0 Å². The average molecular weight is 459 g/mol. The molecule has 1 unspecified atom stereocenters. The van der Waals surface area contributed by atoms with Crippen molar-refractivity contribution in [2.45, 2.75) is 5.60 Å². The molecule has 1 heterocycles. The molecule has 0 spiro atoms. The second kappa shape index (κ2) is 9.03. The lowest BCUT2D eigenvalue weighted by Gasteiger charge is -2.31. The van der Waals surface area contributed by atoms with E-state index in [9.17, 15) is 4.79 Å². The highest BCUT2D eigenvalue weighted by Crippen LogP contribution is 2.48. The molecule has 1 aliphatic heterocycles. The van der Waals surface area contributed by atoms with Crippen LogP contribution in [0.5, 0.6) is 0 Å². The lowest BCUT2D eigenvalue weighted by atomic mass is 9.79. The maximum absolute atomic E-state index is 13.2. The van der Waals surface area contributed by atoms with Gasteiger partial charge in [-0.25, -0.2) is 4.79 Å². The van der Waals surface area contributed by atoms with E-state index in [2.05, 4.69) is 70.3 Å². The van der Waals surface area contributed by atoms with Crippen molar-refractivity contribution in [1.29, 1.82) is 0 Å². The van der Waals surface area contributed by atoms with Crippen molar-refractivity contribution in [3.63, 3.8) is 0 Å². The predicted octanol–water partition coefficient (Wildman–Crippen LogP) is 4.24. The van der Waals surface area contributed by atoms with Crippen LogP contribution >= 0.6 is 0 Å². The minimum atomic E-state index is -0.999. The van der Waals surface area contributed by atoms with Crippen molar-refractivity contribution in [2.75, 3.05) is 70.7 Å². The van der Waals surface area contributed by atoms with Gasteiger partial charge in [-0.3, -0.25) is 4.90 Å². The van der Waals surface area contributed by atoms with Gasteiger partial charge in [-0.15, -0.1) is 0 Å². The number of esters is 1. The van der Waals surface area contributed by atoms with Crippen molar-refractivity contribution >= 4 is 23.0 Å². The van der Waals surface area contributed by atoms with Crippen LogP contribution in [0.15, 0.2) is 66.7 Å². The highest BCUT2D eigenvalue weighted by atomic mass is 16.6. The van der Waals surface area contributed by atoms with Crippen molar-refractivity contribution in [3.8, 4) is 0 Å². The Morgan fingerprint density at radius 1 is 0.676 bits per heavy atom. The van der Waals surface area contributed by atoms with E-state index in [0.29, 0.717) is 5.56 Å². The Labute approximate surface area is 203 Å². The number of anilines is 3. The maximum Gasteiger partial charge on any atom is 0.340 e. The molecule has 1 atom stereocenters. The highest BCUT2D eigenvalue weighted by molar-refractivity contribution is 5.97. The number of benzene rings is 3. The molecule has 1 aliphatic rings. The van der Waals surface area contributed by atoms with Crippen molar-refractivity contribution in [1.82, 2.24) is 4.90 Å². The number of hydrogen-bond acceptors (Lipinski definition) is 6. The molecular formula is C28H34N4O2. The standard InChI is InChI=1S/C28H34N4O2/c1-29(2)19-32(7)23-14-10-21(11-15-23)28(20-8-12-22(13-9-20)30(3)4)26-17-16-24(31(5)6)18-25(26)27(33)34-28/h8-18H,19H2,1-7H3. The number of cyclic esters (lactones) is 1. The van der Waals surface area contributed by atoms with Gasteiger partial charge in [0.15, 0.2) is 5.60 Å². The molecule has 0 aromatic heterocycles. The molecule has 6 heteroatoms. The highest BCUT2D eigenvalue weighted by Gasteiger charge is 2.48. The van der Waals surface area contributed by atoms with Crippen LogP contribution in [0, 0.1) is 0 Å². The Balaban J connectivity index is 1.87. The first-order chi connectivity index (χ1) is 16.1. The van der Waals surface area contributed by atoms with Crippen LogP contribution < -0.4 is 14.7 Å². The van der Waals surface area contributed by atoms with Gasteiger partial charge in [0.25, 0.3) is 0 Å². The number of ether oxygens (including phenoxy) is 1. The van der Waals surface area contributed by atoms with Crippen LogP contribution in [-0.2, 0) is 10.3 Å². The Bertz CT molecular complexity index is 1170. The number of rotatable bonds is 7. The van der Waals surface area contributed by atoms with Crippen LogP contribution in [0.2, 0.25) is 0 Å². The van der Waals surface area contributed by atoms with Gasteiger partial charge in [0.1, 0.15) is 0 Å². The molecular weight excluding hydrogens is 424 g/mol. The number of carbonyl (C=O) groups is 1. The van der Waals surface area contributed by atoms with E-state index in [-0.39, 0.29) is 5.97 Å². The van der Waals surface area contributed by atoms with E-state index < -0.39 is 5.60 Å². The van der Waals surface area contributed by atoms with E-state index in [4.69, 9.17) is 4.74 Å². The molecule has 4 rings (SSSR count). The summed E-state index contributed by atoms with van der Waals surface area (Å²) in [6.07, 6.45) is 0. The fraction of sp³-hybridized carbons (Fsp3) is 0.321. The zero-order valence-corrected chi connectivity index (χ0v) is 21.2. The lowest BCUT2D eigenvalue weighted by molar-refractivity contribution is 0.0251. The molecule has 0 amide bonds. The van der Waals surface area contributed by atoms with Gasteiger partial charge < -0.3 is 19.4 Å². The SMILES string of the molecule is CN(C)CN(C)c1ccc(C2(c3ccc(N(C)C)cc3)OC(=O)c3cc(N(C)C)ccc32)cc1. The molecule has 0 saturated carbocycles. The van der Waals surface area contributed by atoms with Gasteiger partial charge >= 0.3 is 5.97 Å². The maximum atomic E-state index is 13.2. The van der Waals surface area contributed by atoms with Crippen molar-refractivity contribution in [2.24, 2.45) is 0 Å². The molecule has 3 aromatic rings. The van der Waals surface area contributed by atoms with E-state index in [1.807, 2.05) is 65.4 Å². The molecule has 0 radical (unpaired) electrons. The first-order valence-corrected chi connectivity index (χ1v) is 11.4. The van der Waals surface area contributed by atoms with E-state index >= 15 is 0 Å². The normalized spacial score (nSPS) is 16.9.